The molecule has 3 rings (SSSR count). The number of ether oxygens (including phenoxy) is 1. The molecule has 0 saturated carbocycles. The summed E-state index contributed by atoms with van der Waals surface area (Å²) in [5.41, 5.74) is 0.365. The van der Waals surface area contributed by atoms with Crippen molar-refractivity contribution in [2.75, 3.05) is 26.2 Å². The first-order chi connectivity index (χ1) is 9.15. The molecule has 102 valence electrons. The quantitative estimate of drug-likeness (QED) is 0.820. The second-order valence-corrected chi connectivity index (χ2v) is 4.77. The molecule has 0 radical (unpaired) electrons. The minimum atomic E-state index is -0.660. The van der Waals surface area contributed by atoms with Crippen LogP contribution in [0.25, 0.3) is 0 Å². The lowest BCUT2D eigenvalue weighted by molar-refractivity contribution is -0.145. The van der Waals surface area contributed by atoms with Crippen LogP contribution in [0.1, 0.15) is 11.7 Å². The van der Waals surface area contributed by atoms with Crippen molar-refractivity contribution in [3.63, 3.8) is 0 Å². The van der Waals surface area contributed by atoms with Gasteiger partial charge in [-0.25, -0.2) is 8.78 Å². The number of carbonyl (C=O) groups excluding carboxylic acids is 1. The van der Waals surface area contributed by atoms with Gasteiger partial charge in [-0.1, -0.05) is 0 Å². The van der Waals surface area contributed by atoms with Crippen LogP contribution in [0.3, 0.4) is 0 Å². The number of rotatable bonds is 1. The summed E-state index contributed by atoms with van der Waals surface area (Å²) in [7, 11) is 0. The van der Waals surface area contributed by atoms with Crippen molar-refractivity contribution in [1.82, 2.24) is 10.2 Å². The number of hydrogen-bond acceptors (Lipinski definition) is 3. The SMILES string of the molecule is O=C1NCCN2CCOC(c3cc(F)cc(F)c3)C12. The number of halogens is 2. The van der Waals surface area contributed by atoms with E-state index in [-0.39, 0.29) is 5.91 Å². The Morgan fingerprint density at radius 2 is 1.95 bits per heavy atom. The molecule has 2 aliphatic heterocycles. The molecule has 2 aliphatic rings. The number of morpholine rings is 1. The smallest absolute Gasteiger partial charge is 0.240 e. The second kappa shape index (κ2) is 4.86. The van der Waals surface area contributed by atoms with E-state index in [1.807, 2.05) is 4.90 Å². The van der Waals surface area contributed by atoms with E-state index in [9.17, 15) is 13.6 Å². The fourth-order valence-corrected chi connectivity index (χ4v) is 2.72. The number of carbonyl (C=O) groups is 1. The normalized spacial score (nSPS) is 27.8. The van der Waals surface area contributed by atoms with Crippen LogP contribution in [0.15, 0.2) is 18.2 Å². The average molecular weight is 268 g/mol. The van der Waals surface area contributed by atoms with E-state index in [1.165, 1.54) is 12.1 Å². The standard InChI is InChI=1S/C13H14F2N2O2/c14-9-5-8(6-10(15)7-9)12-11-13(18)16-1-2-17(11)3-4-19-12/h5-7,11-12H,1-4H2,(H,16,18). The zero-order chi connectivity index (χ0) is 13.4. The van der Waals surface area contributed by atoms with Crippen molar-refractivity contribution in [2.24, 2.45) is 0 Å². The zero-order valence-corrected chi connectivity index (χ0v) is 10.2. The number of nitrogens with zero attached hydrogens (tertiary/aromatic N) is 1. The number of piperazine rings is 1. The summed E-state index contributed by atoms with van der Waals surface area (Å²) >= 11 is 0. The summed E-state index contributed by atoms with van der Waals surface area (Å²) in [6.07, 6.45) is -0.626. The van der Waals surface area contributed by atoms with E-state index in [0.29, 0.717) is 25.3 Å². The van der Waals surface area contributed by atoms with Crippen LogP contribution >= 0.6 is 0 Å². The maximum absolute atomic E-state index is 13.3. The Bertz CT molecular complexity index is 487. The highest BCUT2D eigenvalue weighted by molar-refractivity contribution is 5.83. The molecule has 2 fully saturated rings. The predicted molar refractivity (Wildman–Crippen MR) is 63.4 cm³/mol. The third-order valence-electron chi connectivity index (χ3n) is 3.54. The van der Waals surface area contributed by atoms with Gasteiger partial charge in [0.15, 0.2) is 0 Å². The molecule has 1 aromatic rings. The fourth-order valence-electron chi connectivity index (χ4n) is 2.72. The van der Waals surface area contributed by atoms with Crippen LogP contribution in [0, 0.1) is 11.6 Å². The lowest BCUT2D eigenvalue weighted by Gasteiger charge is -2.43. The maximum Gasteiger partial charge on any atom is 0.240 e. The van der Waals surface area contributed by atoms with Crippen LogP contribution in [0.2, 0.25) is 0 Å². The Morgan fingerprint density at radius 1 is 1.21 bits per heavy atom. The first kappa shape index (κ1) is 12.5. The minimum absolute atomic E-state index is 0.152. The zero-order valence-electron chi connectivity index (χ0n) is 10.2. The van der Waals surface area contributed by atoms with Crippen molar-refractivity contribution < 1.29 is 18.3 Å². The van der Waals surface area contributed by atoms with E-state index >= 15 is 0 Å². The molecule has 0 spiro atoms. The first-order valence-corrected chi connectivity index (χ1v) is 6.24. The Labute approximate surface area is 109 Å². The van der Waals surface area contributed by atoms with Gasteiger partial charge in [-0.15, -0.1) is 0 Å². The van der Waals surface area contributed by atoms with Gasteiger partial charge < -0.3 is 10.1 Å². The van der Waals surface area contributed by atoms with Gasteiger partial charge in [0.25, 0.3) is 0 Å². The van der Waals surface area contributed by atoms with Gasteiger partial charge in [0.2, 0.25) is 5.91 Å². The lowest BCUT2D eigenvalue weighted by atomic mass is 9.97. The van der Waals surface area contributed by atoms with Gasteiger partial charge in [0, 0.05) is 25.7 Å². The molecule has 2 heterocycles. The number of fused-ring (bicyclic) bond motifs is 1. The maximum atomic E-state index is 13.3. The summed E-state index contributed by atoms with van der Waals surface area (Å²) in [5.74, 6) is -1.47. The summed E-state index contributed by atoms with van der Waals surface area (Å²) in [4.78, 5) is 14.0. The number of amides is 1. The van der Waals surface area contributed by atoms with Crippen molar-refractivity contribution >= 4 is 5.91 Å². The van der Waals surface area contributed by atoms with Crippen molar-refractivity contribution in [3.8, 4) is 0 Å². The van der Waals surface area contributed by atoms with Crippen LogP contribution in [0.5, 0.6) is 0 Å². The predicted octanol–water partition coefficient (Wildman–Crippen LogP) is 0.836. The van der Waals surface area contributed by atoms with Crippen LogP contribution < -0.4 is 5.32 Å². The molecule has 1 aromatic carbocycles. The summed E-state index contributed by atoms with van der Waals surface area (Å²) in [6, 6.07) is 2.74. The molecular weight excluding hydrogens is 254 g/mol. The molecule has 0 bridgehead atoms. The number of benzene rings is 1. The minimum Gasteiger partial charge on any atom is -0.370 e. The van der Waals surface area contributed by atoms with Gasteiger partial charge in [0.05, 0.1) is 6.61 Å². The molecule has 0 aromatic heterocycles. The van der Waals surface area contributed by atoms with E-state index in [4.69, 9.17) is 4.74 Å². The fraction of sp³-hybridized carbons (Fsp3) is 0.462. The second-order valence-electron chi connectivity index (χ2n) is 4.77. The Hall–Kier alpha value is -1.53. The van der Waals surface area contributed by atoms with Crippen LogP contribution in [-0.4, -0.2) is 43.1 Å². The van der Waals surface area contributed by atoms with Crippen molar-refractivity contribution in [1.29, 1.82) is 0 Å². The highest BCUT2D eigenvalue weighted by Crippen LogP contribution is 2.30. The molecule has 1 N–H and O–H groups in total. The Kier molecular flexibility index (Phi) is 3.20. The largest absolute Gasteiger partial charge is 0.370 e. The van der Waals surface area contributed by atoms with Gasteiger partial charge in [-0.3, -0.25) is 9.69 Å². The van der Waals surface area contributed by atoms with Gasteiger partial charge in [-0.2, -0.15) is 0 Å². The molecular formula is C13H14F2N2O2. The molecule has 19 heavy (non-hydrogen) atoms. The van der Waals surface area contributed by atoms with E-state index < -0.39 is 23.8 Å². The molecule has 2 saturated heterocycles. The molecule has 2 unspecified atom stereocenters. The Morgan fingerprint density at radius 3 is 2.68 bits per heavy atom. The van der Waals surface area contributed by atoms with E-state index in [2.05, 4.69) is 5.32 Å². The monoisotopic (exact) mass is 268 g/mol. The van der Waals surface area contributed by atoms with Gasteiger partial charge >= 0.3 is 0 Å². The third-order valence-corrected chi connectivity index (χ3v) is 3.54. The molecule has 4 nitrogen and oxygen atoms in total. The van der Waals surface area contributed by atoms with Gasteiger partial charge in [-0.05, 0) is 17.7 Å². The third kappa shape index (κ3) is 2.33. The van der Waals surface area contributed by atoms with Crippen LogP contribution in [-0.2, 0) is 9.53 Å². The highest BCUT2D eigenvalue weighted by Gasteiger charge is 2.40. The Balaban J connectivity index is 1.95. The summed E-state index contributed by atoms with van der Waals surface area (Å²) in [5, 5.41) is 2.76. The van der Waals surface area contributed by atoms with Crippen molar-refractivity contribution in [3.05, 3.63) is 35.4 Å². The molecule has 1 amide bonds. The first-order valence-electron chi connectivity index (χ1n) is 6.24. The number of hydrogen-bond donors (Lipinski definition) is 1. The van der Waals surface area contributed by atoms with Gasteiger partial charge in [0.1, 0.15) is 23.8 Å². The highest BCUT2D eigenvalue weighted by atomic mass is 19.1. The van der Waals surface area contributed by atoms with E-state index in [1.54, 1.807) is 0 Å². The van der Waals surface area contributed by atoms with Crippen molar-refractivity contribution in [2.45, 2.75) is 12.1 Å². The summed E-state index contributed by atoms with van der Waals surface area (Å²) in [6.45, 7) is 2.44. The summed E-state index contributed by atoms with van der Waals surface area (Å²) < 4.78 is 32.2. The van der Waals surface area contributed by atoms with Crippen LogP contribution in [0.4, 0.5) is 8.78 Å². The molecule has 2 atom stereocenters. The topological polar surface area (TPSA) is 41.6 Å². The molecule has 6 heteroatoms. The number of nitrogens with one attached hydrogen (secondary N) is 1. The average Bonchev–Trinajstić information content (AvgIpc) is 2.37. The lowest BCUT2D eigenvalue weighted by Crippen LogP contribution is -2.60. The van der Waals surface area contributed by atoms with E-state index in [0.717, 1.165) is 12.6 Å². The molecule has 0 aliphatic carbocycles.